The predicted octanol–water partition coefficient (Wildman–Crippen LogP) is 1.61. The summed E-state index contributed by atoms with van der Waals surface area (Å²) in [6.07, 6.45) is 0.612. The van der Waals surface area contributed by atoms with Gasteiger partial charge in [-0.3, -0.25) is 4.79 Å². The normalized spacial score (nSPS) is 22.0. The molecule has 2 atom stereocenters. The van der Waals surface area contributed by atoms with Gasteiger partial charge in [0.15, 0.2) is 0 Å². The number of carbonyl (C=O) groups excluding carboxylic acids is 1. The van der Waals surface area contributed by atoms with E-state index in [2.05, 4.69) is 17.1 Å². The highest BCUT2D eigenvalue weighted by Gasteiger charge is 2.28. The topological polar surface area (TPSA) is 72.9 Å². The van der Waals surface area contributed by atoms with Crippen molar-refractivity contribution in [2.24, 2.45) is 5.41 Å². The molecule has 0 saturated carbocycles. The summed E-state index contributed by atoms with van der Waals surface area (Å²) < 4.78 is 0. The molecule has 0 aliphatic carbocycles. The van der Waals surface area contributed by atoms with E-state index in [9.17, 15) is 9.59 Å². The molecule has 1 fully saturated rings. The van der Waals surface area contributed by atoms with Crippen molar-refractivity contribution in [3.05, 3.63) is 0 Å². The quantitative estimate of drug-likeness (QED) is 0.827. The number of piperazine rings is 1. The Balaban J connectivity index is 2.61. The Kier molecular flexibility index (Phi) is 6.01. The second kappa shape index (κ2) is 7.11. The number of likely N-dealkylation sites (N-methyl/N-ethyl adjacent to an activating group) is 1. The fourth-order valence-electron chi connectivity index (χ4n) is 2.62. The van der Waals surface area contributed by atoms with Gasteiger partial charge in [-0.25, -0.2) is 4.79 Å². The second-order valence-electron chi connectivity index (χ2n) is 7.28. The third-order valence-electron chi connectivity index (χ3n) is 3.85. The largest absolute Gasteiger partial charge is 0.481 e. The summed E-state index contributed by atoms with van der Waals surface area (Å²) in [6.45, 7) is 10.4. The van der Waals surface area contributed by atoms with Gasteiger partial charge >= 0.3 is 12.0 Å². The van der Waals surface area contributed by atoms with Crippen LogP contribution in [0.3, 0.4) is 0 Å². The molecule has 2 N–H and O–H groups in total. The minimum absolute atomic E-state index is 0.0250. The molecule has 0 spiro atoms. The first-order valence-electron chi connectivity index (χ1n) is 7.56. The molecular weight excluding hydrogens is 270 g/mol. The van der Waals surface area contributed by atoms with E-state index in [4.69, 9.17) is 5.11 Å². The van der Waals surface area contributed by atoms with Gasteiger partial charge in [0, 0.05) is 31.7 Å². The average molecular weight is 299 g/mol. The zero-order valence-electron chi connectivity index (χ0n) is 13.8. The third kappa shape index (κ3) is 6.33. The van der Waals surface area contributed by atoms with Crippen molar-refractivity contribution in [2.75, 3.05) is 26.7 Å². The summed E-state index contributed by atoms with van der Waals surface area (Å²) in [7, 11) is 2.05. The molecule has 1 saturated heterocycles. The number of carbonyl (C=O) groups is 2. The van der Waals surface area contributed by atoms with Crippen LogP contribution in [0.2, 0.25) is 0 Å². The fraction of sp³-hybridized carbons (Fsp3) is 0.867. The number of amides is 2. The van der Waals surface area contributed by atoms with Crippen molar-refractivity contribution in [3.63, 3.8) is 0 Å². The molecule has 2 unspecified atom stereocenters. The van der Waals surface area contributed by atoms with Gasteiger partial charge in [-0.1, -0.05) is 20.8 Å². The van der Waals surface area contributed by atoms with Gasteiger partial charge in [0.2, 0.25) is 0 Å². The van der Waals surface area contributed by atoms with E-state index in [1.54, 1.807) is 4.90 Å². The second-order valence-corrected chi connectivity index (χ2v) is 7.28. The number of hydrogen-bond donors (Lipinski definition) is 2. The summed E-state index contributed by atoms with van der Waals surface area (Å²) in [4.78, 5) is 27.3. The van der Waals surface area contributed by atoms with Crippen LogP contribution >= 0.6 is 0 Å². The van der Waals surface area contributed by atoms with Crippen LogP contribution in [-0.4, -0.2) is 65.7 Å². The number of carboxylic acid groups (broad SMARTS) is 1. The van der Waals surface area contributed by atoms with Crippen LogP contribution in [0, 0.1) is 5.41 Å². The number of carboxylic acids is 1. The fourth-order valence-corrected chi connectivity index (χ4v) is 2.62. The molecule has 6 heteroatoms. The molecule has 0 aromatic rings. The monoisotopic (exact) mass is 299 g/mol. The lowest BCUT2D eigenvalue weighted by Crippen LogP contribution is -2.56. The number of aliphatic carboxylic acids is 1. The highest BCUT2D eigenvalue weighted by atomic mass is 16.4. The highest BCUT2D eigenvalue weighted by Crippen LogP contribution is 2.22. The molecule has 0 radical (unpaired) electrons. The van der Waals surface area contributed by atoms with Crippen LogP contribution in [0.15, 0.2) is 0 Å². The smallest absolute Gasteiger partial charge is 0.317 e. The molecular formula is C15H29N3O3. The van der Waals surface area contributed by atoms with Crippen molar-refractivity contribution in [2.45, 2.75) is 52.6 Å². The number of rotatable bonds is 4. The lowest BCUT2D eigenvalue weighted by Gasteiger charge is -2.38. The maximum Gasteiger partial charge on any atom is 0.317 e. The zero-order valence-corrected chi connectivity index (χ0v) is 13.8. The van der Waals surface area contributed by atoms with Gasteiger partial charge in [-0.2, -0.15) is 0 Å². The van der Waals surface area contributed by atoms with E-state index in [-0.39, 0.29) is 23.9 Å². The summed E-state index contributed by atoms with van der Waals surface area (Å²) in [6, 6.07) is -0.152. The lowest BCUT2D eigenvalue weighted by atomic mass is 9.87. The molecule has 2 amide bonds. The van der Waals surface area contributed by atoms with Crippen molar-refractivity contribution in [1.29, 1.82) is 0 Å². The lowest BCUT2D eigenvalue weighted by molar-refractivity contribution is -0.137. The first-order valence-corrected chi connectivity index (χ1v) is 7.56. The van der Waals surface area contributed by atoms with Gasteiger partial charge in [-0.15, -0.1) is 0 Å². The Morgan fingerprint density at radius 1 is 1.33 bits per heavy atom. The van der Waals surface area contributed by atoms with Gasteiger partial charge < -0.3 is 20.2 Å². The summed E-state index contributed by atoms with van der Waals surface area (Å²) in [5.74, 6) is -0.878. The Hall–Kier alpha value is -1.30. The van der Waals surface area contributed by atoms with Gasteiger partial charge in [0.1, 0.15) is 0 Å². The Labute approximate surface area is 127 Å². The molecule has 1 aliphatic rings. The Morgan fingerprint density at radius 2 is 1.95 bits per heavy atom. The summed E-state index contributed by atoms with van der Waals surface area (Å²) >= 11 is 0. The molecule has 122 valence electrons. The number of urea groups is 1. The van der Waals surface area contributed by atoms with Gasteiger partial charge in [-0.05, 0) is 25.8 Å². The van der Waals surface area contributed by atoms with Crippen LogP contribution in [0.5, 0.6) is 0 Å². The predicted molar refractivity (Wildman–Crippen MR) is 82.3 cm³/mol. The van der Waals surface area contributed by atoms with Crippen molar-refractivity contribution in [1.82, 2.24) is 15.1 Å². The van der Waals surface area contributed by atoms with E-state index < -0.39 is 5.97 Å². The molecule has 0 bridgehead atoms. The zero-order chi connectivity index (χ0) is 16.2. The first kappa shape index (κ1) is 17.8. The van der Waals surface area contributed by atoms with E-state index in [1.807, 2.05) is 27.8 Å². The molecule has 1 aliphatic heterocycles. The van der Waals surface area contributed by atoms with Gasteiger partial charge in [0.25, 0.3) is 0 Å². The Bertz CT molecular complexity index is 379. The van der Waals surface area contributed by atoms with E-state index in [0.717, 1.165) is 6.54 Å². The Morgan fingerprint density at radius 3 is 2.43 bits per heavy atom. The van der Waals surface area contributed by atoms with Crippen molar-refractivity contribution >= 4 is 12.0 Å². The standard InChI is InChI=1S/C15H29N3O3/c1-11-10-18(7-6-17(11)5)14(21)16-12(8-13(19)20)9-15(2,3)4/h11-12H,6-10H2,1-5H3,(H,16,21)(H,19,20). The highest BCUT2D eigenvalue weighted by molar-refractivity contribution is 5.76. The SMILES string of the molecule is CC1CN(C(=O)NC(CC(=O)O)CC(C)(C)C)CCN1C. The van der Waals surface area contributed by atoms with Crippen LogP contribution < -0.4 is 5.32 Å². The molecule has 0 aromatic carbocycles. The van der Waals surface area contributed by atoms with Crippen LogP contribution in [0.1, 0.15) is 40.5 Å². The molecule has 6 nitrogen and oxygen atoms in total. The van der Waals surface area contributed by atoms with E-state index in [0.29, 0.717) is 25.6 Å². The molecule has 0 aromatic heterocycles. The van der Waals surface area contributed by atoms with Crippen molar-refractivity contribution in [3.8, 4) is 0 Å². The maximum atomic E-state index is 12.3. The molecule has 1 heterocycles. The number of nitrogens with zero attached hydrogens (tertiary/aromatic N) is 2. The summed E-state index contributed by atoms with van der Waals surface area (Å²) in [5.41, 5.74) is -0.0250. The van der Waals surface area contributed by atoms with Gasteiger partial charge in [0.05, 0.1) is 6.42 Å². The molecule has 21 heavy (non-hydrogen) atoms. The van der Waals surface area contributed by atoms with Crippen molar-refractivity contribution < 1.29 is 14.7 Å². The minimum Gasteiger partial charge on any atom is -0.481 e. The number of hydrogen-bond acceptors (Lipinski definition) is 3. The van der Waals surface area contributed by atoms with E-state index >= 15 is 0 Å². The minimum atomic E-state index is -0.878. The third-order valence-corrected chi connectivity index (χ3v) is 3.85. The van der Waals surface area contributed by atoms with E-state index in [1.165, 1.54) is 0 Å². The first-order chi connectivity index (χ1) is 9.58. The molecule has 1 rings (SSSR count). The van der Waals surface area contributed by atoms with Crippen LogP contribution in [0.4, 0.5) is 4.79 Å². The number of nitrogens with one attached hydrogen (secondary N) is 1. The summed E-state index contributed by atoms with van der Waals surface area (Å²) in [5, 5.41) is 11.9. The van der Waals surface area contributed by atoms with Crippen LogP contribution in [0.25, 0.3) is 0 Å². The maximum absolute atomic E-state index is 12.3. The van der Waals surface area contributed by atoms with Crippen LogP contribution in [-0.2, 0) is 4.79 Å². The average Bonchev–Trinajstić information content (AvgIpc) is 2.29.